The SMILES string of the molecule is Cc1cc(C)c(CCNC(=O)CSC(C)c2nc(C)no2)c(C)c1. The number of nitrogens with one attached hydrogen (secondary N) is 1. The van der Waals surface area contributed by atoms with E-state index in [0.717, 1.165) is 6.42 Å². The minimum atomic E-state index is 0.0125. The van der Waals surface area contributed by atoms with Gasteiger partial charge in [0.2, 0.25) is 11.8 Å². The van der Waals surface area contributed by atoms with Crippen LogP contribution >= 0.6 is 11.8 Å². The van der Waals surface area contributed by atoms with Gasteiger partial charge in [0.1, 0.15) is 0 Å². The number of carbonyl (C=O) groups is 1. The van der Waals surface area contributed by atoms with Crippen LogP contribution < -0.4 is 5.32 Å². The van der Waals surface area contributed by atoms with E-state index in [9.17, 15) is 4.79 Å². The van der Waals surface area contributed by atoms with E-state index in [1.165, 1.54) is 34.0 Å². The maximum atomic E-state index is 12.0. The van der Waals surface area contributed by atoms with Gasteiger partial charge in [0, 0.05) is 6.54 Å². The summed E-state index contributed by atoms with van der Waals surface area (Å²) in [5.41, 5.74) is 5.18. The molecule has 5 nitrogen and oxygen atoms in total. The molecule has 1 amide bonds. The fourth-order valence-corrected chi connectivity index (χ4v) is 3.47. The summed E-state index contributed by atoms with van der Waals surface area (Å²) in [5, 5.41) is 6.77. The number of aromatic nitrogens is 2. The molecule has 0 aliphatic heterocycles. The number of thioether (sulfide) groups is 1. The summed E-state index contributed by atoms with van der Waals surface area (Å²) in [6.07, 6.45) is 0.854. The largest absolute Gasteiger partial charge is 0.355 e. The molecule has 0 saturated carbocycles. The average Bonchev–Trinajstić information content (AvgIpc) is 2.94. The molecule has 0 spiro atoms. The number of hydrogen-bond acceptors (Lipinski definition) is 5. The zero-order chi connectivity index (χ0) is 17.7. The normalized spacial score (nSPS) is 12.2. The molecule has 1 aromatic carbocycles. The first-order valence-corrected chi connectivity index (χ1v) is 9.17. The molecule has 2 rings (SSSR count). The Kier molecular flexibility index (Phi) is 6.43. The fourth-order valence-electron chi connectivity index (χ4n) is 2.73. The number of aryl methyl sites for hydroxylation is 4. The summed E-state index contributed by atoms with van der Waals surface area (Å²) in [5.74, 6) is 1.60. The lowest BCUT2D eigenvalue weighted by molar-refractivity contribution is -0.118. The Morgan fingerprint density at radius 3 is 2.50 bits per heavy atom. The van der Waals surface area contributed by atoms with E-state index in [0.29, 0.717) is 24.0 Å². The van der Waals surface area contributed by atoms with Crippen molar-refractivity contribution in [1.29, 1.82) is 0 Å². The summed E-state index contributed by atoms with van der Waals surface area (Å²) in [4.78, 5) is 16.2. The van der Waals surface area contributed by atoms with E-state index in [1.807, 2.05) is 6.92 Å². The summed E-state index contributed by atoms with van der Waals surface area (Å²) in [7, 11) is 0. The minimum Gasteiger partial charge on any atom is -0.355 e. The van der Waals surface area contributed by atoms with E-state index in [1.54, 1.807) is 6.92 Å². The maximum absolute atomic E-state index is 12.0. The van der Waals surface area contributed by atoms with Gasteiger partial charge in [0.25, 0.3) is 0 Å². The zero-order valence-electron chi connectivity index (χ0n) is 15.0. The first-order valence-electron chi connectivity index (χ1n) is 8.12. The van der Waals surface area contributed by atoms with Crippen LogP contribution in [0.15, 0.2) is 16.7 Å². The van der Waals surface area contributed by atoms with Gasteiger partial charge in [-0.2, -0.15) is 4.98 Å². The van der Waals surface area contributed by atoms with Gasteiger partial charge in [-0.25, -0.2) is 0 Å². The summed E-state index contributed by atoms with van der Waals surface area (Å²) < 4.78 is 5.12. The van der Waals surface area contributed by atoms with Gasteiger partial charge in [-0.15, -0.1) is 11.8 Å². The highest BCUT2D eigenvalue weighted by Gasteiger charge is 2.15. The van der Waals surface area contributed by atoms with Crippen LogP contribution in [0.4, 0.5) is 0 Å². The van der Waals surface area contributed by atoms with E-state index < -0.39 is 0 Å². The lowest BCUT2D eigenvalue weighted by Crippen LogP contribution is -2.27. The third kappa shape index (κ3) is 5.09. The van der Waals surface area contributed by atoms with Crippen molar-refractivity contribution in [2.24, 2.45) is 0 Å². The third-order valence-corrected chi connectivity index (χ3v) is 5.02. The highest BCUT2D eigenvalue weighted by molar-refractivity contribution is 8.00. The smallest absolute Gasteiger partial charge is 0.239 e. The van der Waals surface area contributed by atoms with Crippen LogP contribution in [-0.4, -0.2) is 28.3 Å². The van der Waals surface area contributed by atoms with Crippen LogP contribution in [0, 0.1) is 27.7 Å². The molecule has 0 fully saturated rings. The number of hydrogen-bond donors (Lipinski definition) is 1. The molecular formula is C18H25N3O2S. The molecule has 1 aromatic heterocycles. The predicted octanol–water partition coefficient (Wildman–Crippen LogP) is 3.46. The van der Waals surface area contributed by atoms with Crippen molar-refractivity contribution < 1.29 is 9.32 Å². The van der Waals surface area contributed by atoms with Crippen LogP contribution in [0.5, 0.6) is 0 Å². The van der Waals surface area contributed by atoms with Crippen molar-refractivity contribution >= 4 is 17.7 Å². The van der Waals surface area contributed by atoms with Crippen molar-refractivity contribution in [1.82, 2.24) is 15.5 Å². The minimum absolute atomic E-state index is 0.0125. The quantitative estimate of drug-likeness (QED) is 0.831. The number of rotatable bonds is 7. The second-order valence-electron chi connectivity index (χ2n) is 6.11. The molecule has 2 aromatic rings. The summed E-state index contributed by atoms with van der Waals surface area (Å²) in [6.45, 7) is 10.8. The maximum Gasteiger partial charge on any atom is 0.239 e. The molecule has 0 aliphatic carbocycles. The topological polar surface area (TPSA) is 68.0 Å². The van der Waals surface area contributed by atoms with Crippen molar-refractivity contribution in [3.8, 4) is 0 Å². The highest BCUT2D eigenvalue weighted by Crippen LogP contribution is 2.26. The molecule has 0 bridgehead atoms. The molecule has 1 heterocycles. The van der Waals surface area contributed by atoms with Gasteiger partial charge in [-0.05, 0) is 57.7 Å². The zero-order valence-corrected chi connectivity index (χ0v) is 15.8. The van der Waals surface area contributed by atoms with Crippen LogP contribution in [0.1, 0.15) is 46.1 Å². The fraction of sp³-hybridized carbons (Fsp3) is 0.500. The number of amides is 1. The highest BCUT2D eigenvalue weighted by atomic mass is 32.2. The molecular weight excluding hydrogens is 322 g/mol. The van der Waals surface area contributed by atoms with Gasteiger partial charge in [0.05, 0.1) is 11.0 Å². The van der Waals surface area contributed by atoms with E-state index in [-0.39, 0.29) is 11.2 Å². The predicted molar refractivity (Wildman–Crippen MR) is 97.3 cm³/mol. The van der Waals surface area contributed by atoms with Crippen LogP contribution in [0.2, 0.25) is 0 Å². The summed E-state index contributed by atoms with van der Waals surface area (Å²) in [6, 6.07) is 4.38. The second-order valence-corrected chi connectivity index (χ2v) is 7.44. The molecule has 1 atom stereocenters. The summed E-state index contributed by atoms with van der Waals surface area (Å²) >= 11 is 1.50. The molecule has 0 aliphatic rings. The molecule has 24 heavy (non-hydrogen) atoms. The average molecular weight is 347 g/mol. The van der Waals surface area contributed by atoms with Crippen molar-refractivity contribution in [3.63, 3.8) is 0 Å². The number of nitrogens with zero attached hydrogens (tertiary/aromatic N) is 2. The van der Waals surface area contributed by atoms with Crippen molar-refractivity contribution in [3.05, 3.63) is 46.1 Å². The van der Waals surface area contributed by atoms with Gasteiger partial charge >= 0.3 is 0 Å². The Labute approximate surface area is 147 Å². The Morgan fingerprint density at radius 1 is 1.25 bits per heavy atom. The monoisotopic (exact) mass is 347 g/mol. The molecule has 6 heteroatoms. The van der Waals surface area contributed by atoms with Gasteiger partial charge in [0.15, 0.2) is 5.82 Å². The molecule has 1 N–H and O–H groups in total. The Morgan fingerprint density at radius 2 is 1.92 bits per heavy atom. The van der Waals surface area contributed by atoms with Crippen LogP contribution in [0.25, 0.3) is 0 Å². The lowest BCUT2D eigenvalue weighted by atomic mass is 9.97. The molecule has 0 radical (unpaired) electrons. The number of carbonyl (C=O) groups excluding carboxylic acids is 1. The first-order chi connectivity index (χ1) is 11.4. The molecule has 0 saturated heterocycles. The Bertz CT molecular complexity index is 689. The molecule has 1 unspecified atom stereocenters. The van der Waals surface area contributed by atoms with Gasteiger partial charge in [-0.3, -0.25) is 4.79 Å². The second kappa shape index (κ2) is 8.33. The Balaban J connectivity index is 1.76. The van der Waals surface area contributed by atoms with E-state index >= 15 is 0 Å². The van der Waals surface area contributed by atoms with E-state index in [4.69, 9.17) is 4.52 Å². The standard InChI is InChI=1S/C18H25N3O2S/c1-11-8-12(2)16(13(3)9-11)6-7-19-17(22)10-24-14(4)18-20-15(5)21-23-18/h8-9,14H,6-7,10H2,1-5H3,(H,19,22). The van der Waals surface area contributed by atoms with Crippen molar-refractivity contribution in [2.75, 3.05) is 12.3 Å². The third-order valence-electron chi connectivity index (χ3n) is 3.89. The van der Waals surface area contributed by atoms with Gasteiger partial charge < -0.3 is 9.84 Å². The molecule has 130 valence electrons. The van der Waals surface area contributed by atoms with E-state index in [2.05, 4.69) is 48.4 Å². The van der Waals surface area contributed by atoms with Crippen LogP contribution in [-0.2, 0) is 11.2 Å². The van der Waals surface area contributed by atoms with Crippen molar-refractivity contribution in [2.45, 2.75) is 46.3 Å². The Hall–Kier alpha value is -1.82. The number of benzene rings is 1. The first kappa shape index (κ1) is 18.5. The van der Waals surface area contributed by atoms with Crippen LogP contribution in [0.3, 0.4) is 0 Å². The lowest BCUT2D eigenvalue weighted by Gasteiger charge is -2.12. The van der Waals surface area contributed by atoms with Gasteiger partial charge in [-0.1, -0.05) is 22.9 Å².